The van der Waals surface area contributed by atoms with Gasteiger partial charge in [-0.05, 0) is 23.6 Å². The number of thiophene rings is 1. The van der Waals surface area contributed by atoms with Crippen molar-refractivity contribution in [2.24, 2.45) is 5.73 Å². The molecular formula is C10H12N2S. The number of rotatable bonds is 3. The molecule has 1 atom stereocenters. The van der Waals surface area contributed by atoms with E-state index in [0.29, 0.717) is 12.6 Å². The SMILES string of the molecule is NCC(c1cccs1)n1cccc1. The van der Waals surface area contributed by atoms with Gasteiger partial charge in [0.1, 0.15) is 0 Å². The molecule has 0 aliphatic carbocycles. The lowest BCUT2D eigenvalue weighted by Crippen LogP contribution is -2.17. The Bertz CT molecular complexity index is 303. The predicted molar refractivity (Wildman–Crippen MR) is 55.9 cm³/mol. The van der Waals surface area contributed by atoms with Gasteiger partial charge in [-0.1, -0.05) is 6.07 Å². The van der Waals surface area contributed by atoms with Gasteiger partial charge < -0.3 is 10.3 Å². The van der Waals surface area contributed by atoms with E-state index in [2.05, 4.69) is 34.5 Å². The topological polar surface area (TPSA) is 30.9 Å². The van der Waals surface area contributed by atoms with Gasteiger partial charge in [0, 0.05) is 23.8 Å². The minimum absolute atomic E-state index is 0.301. The summed E-state index contributed by atoms with van der Waals surface area (Å²) in [6.45, 7) is 0.648. The Hall–Kier alpha value is -1.06. The third-order valence-corrected chi connectivity index (χ3v) is 3.06. The highest BCUT2D eigenvalue weighted by Crippen LogP contribution is 2.21. The number of hydrogen-bond donors (Lipinski definition) is 1. The fourth-order valence-electron chi connectivity index (χ4n) is 1.42. The number of nitrogens with zero attached hydrogens (tertiary/aromatic N) is 1. The third kappa shape index (κ3) is 1.66. The second kappa shape index (κ2) is 3.77. The molecule has 2 nitrogen and oxygen atoms in total. The van der Waals surface area contributed by atoms with Crippen molar-refractivity contribution in [3.8, 4) is 0 Å². The number of aromatic nitrogens is 1. The van der Waals surface area contributed by atoms with Gasteiger partial charge in [0.2, 0.25) is 0 Å². The lowest BCUT2D eigenvalue weighted by molar-refractivity contribution is 0.608. The number of hydrogen-bond acceptors (Lipinski definition) is 2. The molecule has 13 heavy (non-hydrogen) atoms. The van der Waals surface area contributed by atoms with Crippen LogP contribution < -0.4 is 5.73 Å². The van der Waals surface area contributed by atoms with Gasteiger partial charge >= 0.3 is 0 Å². The van der Waals surface area contributed by atoms with Gasteiger partial charge in [-0.25, -0.2) is 0 Å². The molecule has 2 aromatic heterocycles. The fraction of sp³-hybridized carbons (Fsp3) is 0.200. The lowest BCUT2D eigenvalue weighted by atomic mass is 10.2. The van der Waals surface area contributed by atoms with Gasteiger partial charge in [-0.2, -0.15) is 0 Å². The fourth-order valence-corrected chi connectivity index (χ4v) is 2.27. The Kier molecular flexibility index (Phi) is 2.47. The zero-order chi connectivity index (χ0) is 9.10. The van der Waals surface area contributed by atoms with Crippen LogP contribution in [0.2, 0.25) is 0 Å². The summed E-state index contributed by atoms with van der Waals surface area (Å²) >= 11 is 1.75. The molecule has 0 amide bonds. The first-order chi connectivity index (χ1) is 6.42. The standard InChI is InChI=1S/C10H12N2S/c11-8-9(10-4-3-7-13-10)12-5-1-2-6-12/h1-7,9H,8,11H2. The summed E-state index contributed by atoms with van der Waals surface area (Å²) in [5.74, 6) is 0. The van der Waals surface area contributed by atoms with Crippen LogP contribution >= 0.6 is 11.3 Å². The van der Waals surface area contributed by atoms with Crippen molar-refractivity contribution in [3.05, 3.63) is 46.9 Å². The molecule has 0 saturated carbocycles. The molecule has 0 saturated heterocycles. The smallest absolute Gasteiger partial charge is 0.0794 e. The minimum atomic E-state index is 0.301. The molecule has 1 unspecified atom stereocenters. The van der Waals surface area contributed by atoms with Crippen molar-refractivity contribution in [1.82, 2.24) is 4.57 Å². The summed E-state index contributed by atoms with van der Waals surface area (Å²) in [5.41, 5.74) is 5.74. The molecular weight excluding hydrogens is 180 g/mol. The molecule has 0 radical (unpaired) electrons. The summed E-state index contributed by atoms with van der Waals surface area (Å²) in [5, 5.41) is 2.08. The van der Waals surface area contributed by atoms with E-state index in [1.54, 1.807) is 11.3 Å². The van der Waals surface area contributed by atoms with Crippen LogP contribution in [0.1, 0.15) is 10.9 Å². The van der Waals surface area contributed by atoms with Crippen molar-refractivity contribution < 1.29 is 0 Å². The molecule has 2 rings (SSSR count). The molecule has 0 fully saturated rings. The first-order valence-electron chi connectivity index (χ1n) is 4.27. The third-order valence-electron chi connectivity index (χ3n) is 2.08. The Labute approximate surface area is 81.6 Å². The van der Waals surface area contributed by atoms with Gasteiger partial charge in [0.25, 0.3) is 0 Å². The quantitative estimate of drug-likeness (QED) is 0.793. The van der Waals surface area contributed by atoms with Crippen molar-refractivity contribution in [2.45, 2.75) is 6.04 Å². The Morgan fingerprint density at radius 1 is 1.31 bits per heavy atom. The summed E-state index contributed by atoms with van der Waals surface area (Å²) in [4.78, 5) is 1.32. The first-order valence-corrected chi connectivity index (χ1v) is 5.15. The average molecular weight is 192 g/mol. The summed E-state index contributed by atoms with van der Waals surface area (Å²) in [6, 6.07) is 8.54. The maximum absolute atomic E-state index is 5.74. The van der Waals surface area contributed by atoms with E-state index in [1.165, 1.54) is 4.88 Å². The molecule has 2 heterocycles. The second-order valence-corrected chi connectivity index (χ2v) is 3.88. The van der Waals surface area contributed by atoms with Crippen LogP contribution in [0.5, 0.6) is 0 Å². The van der Waals surface area contributed by atoms with E-state index in [1.807, 2.05) is 12.1 Å². The molecule has 0 spiro atoms. The van der Waals surface area contributed by atoms with Crippen molar-refractivity contribution in [3.63, 3.8) is 0 Å². The predicted octanol–water partition coefficient (Wildman–Crippen LogP) is 2.10. The van der Waals surface area contributed by atoms with Crippen molar-refractivity contribution in [2.75, 3.05) is 6.54 Å². The van der Waals surface area contributed by atoms with E-state index in [0.717, 1.165) is 0 Å². The lowest BCUT2D eigenvalue weighted by Gasteiger charge is -2.14. The normalized spacial score (nSPS) is 13.0. The van der Waals surface area contributed by atoms with Gasteiger partial charge in [0.05, 0.1) is 6.04 Å². The average Bonchev–Trinajstić information content (AvgIpc) is 2.76. The van der Waals surface area contributed by atoms with Gasteiger partial charge in [-0.3, -0.25) is 0 Å². The Morgan fingerprint density at radius 2 is 2.08 bits per heavy atom. The molecule has 2 N–H and O–H groups in total. The van der Waals surface area contributed by atoms with Crippen LogP contribution in [0.3, 0.4) is 0 Å². The molecule has 2 aromatic rings. The van der Waals surface area contributed by atoms with Crippen LogP contribution in [0.15, 0.2) is 42.0 Å². The summed E-state index contributed by atoms with van der Waals surface area (Å²) < 4.78 is 2.14. The van der Waals surface area contributed by atoms with Gasteiger partial charge in [-0.15, -0.1) is 11.3 Å². The largest absolute Gasteiger partial charge is 0.345 e. The minimum Gasteiger partial charge on any atom is -0.345 e. The van der Waals surface area contributed by atoms with Crippen molar-refractivity contribution in [1.29, 1.82) is 0 Å². The first kappa shape index (κ1) is 8.53. The van der Waals surface area contributed by atoms with Crippen LogP contribution in [-0.2, 0) is 0 Å². The van der Waals surface area contributed by atoms with E-state index < -0.39 is 0 Å². The molecule has 0 aliphatic rings. The molecule has 3 heteroatoms. The molecule has 68 valence electrons. The molecule has 0 aromatic carbocycles. The Balaban J connectivity index is 2.29. The van der Waals surface area contributed by atoms with Crippen LogP contribution in [0.4, 0.5) is 0 Å². The van der Waals surface area contributed by atoms with Crippen LogP contribution in [0, 0.1) is 0 Å². The second-order valence-electron chi connectivity index (χ2n) is 2.90. The van der Waals surface area contributed by atoms with Crippen LogP contribution in [-0.4, -0.2) is 11.1 Å². The van der Waals surface area contributed by atoms with E-state index in [9.17, 15) is 0 Å². The maximum Gasteiger partial charge on any atom is 0.0794 e. The Morgan fingerprint density at radius 3 is 2.62 bits per heavy atom. The highest BCUT2D eigenvalue weighted by Gasteiger charge is 2.10. The zero-order valence-corrected chi connectivity index (χ0v) is 8.08. The van der Waals surface area contributed by atoms with Crippen LogP contribution in [0.25, 0.3) is 0 Å². The van der Waals surface area contributed by atoms with Crippen molar-refractivity contribution >= 4 is 11.3 Å². The van der Waals surface area contributed by atoms with E-state index >= 15 is 0 Å². The summed E-state index contributed by atoms with van der Waals surface area (Å²) in [6.07, 6.45) is 4.11. The van der Waals surface area contributed by atoms with E-state index in [4.69, 9.17) is 5.73 Å². The highest BCUT2D eigenvalue weighted by molar-refractivity contribution is 7.10. The summed E-state index contributed by atoms with van der Waals surface area (Å²) in [7, 11) is 0. The number of nitrogens with two attached hydrogens (primary N) is 1. The zero-order valence-electron chi connectivity index (χ0n) is 7.26. The monoisotopic (exact) mass is 192 g/mol. The molecule has 0 aliphatic heterocycles. The molecule has 0 bridgehead atoms. The maximum atomic E-state index is 5.74. The highest BCUT2D eigenvalue weighted by atomic mass is 32.1. The van der Waals surface area contributed by atoms with E-state index in [-0.39, 0.29) is 0 Å². The van der Waals surface area contributed by atoms with Gasteiger partial charge in [0.15, 0.2) is 0 Å².